The second-order valence-corrected chi connectivity index (χ2v) is 6.89. The van der Waals surface area contributed by atoms with Crippen LogP contribution in [-0.4, -0.2) is 18.4 Å². The monoisotopic (exact) mass is 294 g/mol. The molecule has 0 aromatic carbocycles. The van der Waals surface area contributed by atoms with Crippen LogP contribution >= 0.6 is 0 Å². The molecule has 21 heavy (non-hydrogen) atoms. The molecule has 0 aromatic rings. The Morgan fingerprint density at radius 2 is 2.19 bits per heavy atom. The van der Waals surface area contributed by atoms with Crippen molar-refractivity contribution in [3.05, 3.63) is 24.8 Å². The fraction of sp³-hybridized carbons (Fsp3) is 0.722. The SMILES string of the molecule is C=CC(C)(CC[C@@H]1C(=C)CCCC1(C)C)OC(=O)OCC. The van der Waals surface area contributed by atoms with Gasteiger partial charge in [0.1, 0.15) is 5.60 Å². The lowest BCUT2D eigenvalue weighted by Gasteiger charge is -2.41. The van der Waals surface area contributed by atoms with Crippen molar-refractivity contribution in [2.75, 3.05) is 6.61 Å². The van der Waals surface area contributed by atoms with Crippen LogP contribution in [-0.2, 0) is 9.47 Å². The van der Waals surface area contributed by atoms with Crippen LogP contribution in [0.2, 0.25) is 0 Å². The van der Waals surface area contributed by atoms with Crippen molar-refractivity contribution in [2.24, 2.45) is 11.3 Å². The molecule has 0 aromatic heterocycles. The summed E-state index contributed by atoms with van der Waals surface area (Å²) >= 11 is 0. The number of carbonyl (C=O) groups excluding carboxylic acids is 1. The van der Waals surface area contributed by atoms with Crippen molar-refractivity contribution in [3.8, 4) is 0 Å². The number of allylic oxidation sites excluding steroid dienone is 1. The molecule has 1 saturated carbocycles. The molecule has 0 N–H and O–H groups in total. The molecule has 1 aliphatic rings. The molecule has 0 heterocycles. The topological polar surface area (TPSA) is 35.5 Å². The molecule has 2 atom stereocenters. The van der Waals surface area contributed by atoms with Crippen molar-refractivity contribution in [1.29, 1.82) is 0 Å². The minimum absolute atomic E-state index is 0.265. The predicted octanol–water partition coefficient (Wildman–Crippen LogP) is 5.27. The van der Waals surface area contributed by atoms with Gasteiger partial charge in [-0.1, -0.05) is 32.6 Å². The highest BCUT2D eigenvalue weighted by Gasteiger charge is 2.36. The average molecular weight is 294 g/mol. The Bertz CT molecular complexity index is 397. The summed E-state index contributed by atoms with van der Waals surface area (Å²) in [4.78, 5) is 11.6. The first kappa shape index (κ1) is 17.8. The molecule has 0 spiro atoms. The number of carbonyl (C=O) groups is 1. The lowest BCUT2D eigenvalue weighted by Crippen LogP contribution is -2.34. The van der Waals surface area contributed by atoms with Crippen LogP contribution in [0.25, 0.3) is 0 Å². The van der Waals surface area contributed by atoms with E-state index in [0.29, 0.717) is 12.5 Å². The van der Waals surface area contributed by atoms with Gasteiger partial charge in [0, 0.05) is 0 Å². The van der Waals surface area contributed by atoms with E-state index < -0.39 is 11.8 Å². The van der Waals surface area contributed by atoms with Crippen molar-refractivity contribution in [1.82, 2.24) is 0 Å². The first-order valence-corrected chi connectivity index (χ1v) is 7.91. The highest BCUT2D eigenvalue weighted by Crippen LogP contribution is 2.46. The van der Waals surface area contributed by atoms with E-state index in [1.165, 1.54) is 18.4 Å². The van der Waals surface area contributed by atoms with Crippen LogP contribution in [0.5, 0.6) is 0 Å². The third kappa shape index (κ3) is 4.90. The summed E-state index contributed by atoms with van der Waals surface area (Å²) in [5, 5.41) is 0. The molecule has 0 bridgehead atoms. The maximum atomic E-state index is 11.6. The molecule has 1 unspecified atom stereocenters. The Morgan fingerprint density at radius 3 is 2.71 bits per heavy atom. The van der Waals surface area contributed by atoms with Gasteiger partial charge >= 0.3 is 6.16 Å². The molecular formula is C18H30O3. The number of hydrogen-bond acceptors (Lipinski definition) is 3. The summed E-state index contributed by atoms with van der Waals surface area (Å²) in [6.45, 7) is 16.6. The van der Waals surface area contributed by atoms with Gasteiger partial charge in [0.05, 0.1) is 6.61 Å². The summed E-state index contributed by atoms with van der Waals surface area (Å²) in [5.41, 5.74) is 0.912. The maximum absolute atomic E-state index is 11.6. The second kappa shape index (κ2) is 7.15. The first-order chi connectivity index (χ1) is 9.74. The minimum atomic E-state index is -0.680. The van der Waals surface area contributed by atoms with Gasteiger partial charge in [-0.05, 0) is 63.4 Å². The van der Waals surface area contributed by atoms with Crippen molar-refractivity contribution in [2.45, 2.75) is 65.4 Å². The lowest BCUT2D eigenvalue weighted by molar-refractivity contribution is -0.00828. The van der Waals surface area contributed by atoms with Gasteiger partial charge in [-0.3, -0.25) is 0 Å². The fourth-order valence-electron chi connectivity index (χ4n) is 3.23. The molecule has 1 aliphatic carbocycles. The van der Waals surface area contributed by atoms with Crippen molar-refractivity contribution in [3.63, 3.8) is 0 Å². The molecule has 1 rings (SSSR count). The van der Waals surface area contributed by atoms with Gasteiger partial charge in [0.25, 0.3) is 0 Å². The van der Waals surface area contributed by atoms with E-state index in [-0.39, 0.29) is 5.41 Å². The summed E-state index contributed by atoms with van der Waals surface area (Å²) in [6, 6.07) is 0. The summed E-state index contributed by atoms with van der Waals surface area (Å²) < 4.78 is 10.3. The van der Waals surface area contributed by atoms with Crippen LogP contribution in [0.15, 0.2) is 24.8 Å². The lowest BCUT2D eigenvalue weighted by atomic mass is 9.64. The third-order valence-electron chi connectivity index (χ3n) is 4.70. The Kier molecular flexibility index (Phi) is 6.06. The Hall–Kier alpha value is -1.25. The molecule has 0 aliphatic heterocycles. The number of hydrogen-bond donors (Lipinski definition) is 0. The zero-order valence-corrected chi connectivity index (χ0v) is 14.0. The predicted molar refractivity (Wildman–Crippen MR) is 86.2 cm³/mol. The highest BCUT2D eigenvalue weighted by atomic mass is 16.7. The van der Waals surface area contributed by atoms with E-state index in [1.807, 2.05) is 6.92 Å². The van der Waals surface area contributed by atoms with E-state index >= 15 is 0 Å². The Labute approximate surface area is 129 Å². The summed E-state index contributed by atoms with van der Waals surface area (Å²) in [7, 11) is 0. The zero-order valence-electron chi connectivity index (χ0n) is 14.0. The van der Waals surface area contributed by atoms with Crippen molar-refractivity contribution < 1.29 is 14.3 Å². The van der Waals surface area contributed by atoms with Crippen LogP contribution in [0.3, 0.4) is 0 Å². The number of ether oxygens (including phenoxy) is 2. The largest absolute Gasteiger partial charge is 0.509 e. The van der Waals surface area contributed by atoms with Gasteiger partial charge in [-0.15, -0.1) is 0 Å². The molecule has 1 fully saturated rings. The average Bonchev–Trinajstić information content (AvgIpc) is 2.37. The van der Waals surface area contributed by atoms with E-state index in [1.54, 1.807) is 13.0 Å². The number of rotatable bonds is 6. The Morgan fingerprint density at radius 1 is 1.52 bits per heavy atom. The summed E-state index contributed by atoms with van der Waals surface area (Å²) in [6.07, 6.45) is 6.32. The molecule has 0 amide bonds. The van der Waals surface area contributed by atoms with Crippen LogP contribution < -0.4 is 0 Å². The fourth-order valence-corrected chi connectivity index (χ4v) is 3.23. The minimum Gasteiger partial charge on any atom is -0.435 e. The maximum Gasteiger partial charge on any atom is 0.509 e. The molecule has 0 radical (unpaired) electrons. The molecule has 3 nitrogen and oxygen atoms in total. The first-order valence-electron chi connectivity index (χ1n) is 7.91. The van der Waals surface area contributed by atoms with E-state index in [0.717, 1.165) is 19.3 Å². The molecule has 0 saturated heterocycles. The van der Waals surface area contributed by atoms with Gasteiger partial charge < -0.3 is 9.47 Å². The zero-order chi connectivity index (χ0) is 16.1. The quantitative estimate of drug-likeness (QED) is 0.494. The summed E-state index contributed by atoms with van der Waals surface area (Å²) in [5.74, 6) is 0.469. The Balaban J connectivity index is 2.66. The normalized spacial score (nSPS) is 24.0. The second-order valence-electron chi connectivity index (χ2n) is 6.89. The van der Waals surface area contributed by atoms with Gasteiger partial charge in [-0.2, -0.15) is 0 Å². The third-order valence-corrected chi connectivity index (χ3v) is 4.70. The van der Waals surface area contributed by atoms with Gasteiger partial charge in [-0.25, -0.2) is 4.79 Å². The van der Waals surface area contributed by atoms with Crippen LogP contribution in [0, 0.1) is 11.3 Å². The molecule has 3 heteroatoms. The van der Waals surface area contributed by atoms with E-state index in [2.05, 4.69) is 27.0 Å². The van der Waals surface area contributed by atoms with Crippen LogP contribution in [0.4, 0.5) is 4.79 Å². The van der Waals surface area contributed by atoms with E-state index in [4.69, 9.17) is 9.47 Å². The smallest absolute Gasteiger partial charge is 0.435 e. The molecular weight excluding hydrogens is 264 g/mol. The molecule has 120 valence electrons. The van der Waals surface area contributed by atoms with Crippen LogP contribution in [0.1, 0.15) is 59.8 Å². The van der Waals surface area contributed by atoms with Crippen molar-refractivity contribution >= 4 is 6.16 Å². The van der Waals surface area contributed by atoms with Gasteiger partial charge in [0.2, 0.25) is 0 Å². The highest BCUT2D eigenvalue weighted by molar-refractivity contribution is 5.60. The van der Waals surface area contributed by atoms with E-state index in [9.17, 15) is 4.79 Å². The standard InChI is InChI=1S/C18H30O3/c1-7-18(6,21-16(19)20-8-2)13-11-15-14(3)10-9-12-17(15,4)5/h7,15H,1,3,8-13H2,2,4-6H3/t15-,18?/m1/s1. The van der Waals surface area contributed by atoms with Gasteiger partial charge in [0.15, 0.2) is 0 Å².